The molecule has 0 heterocycles. The van der Waals surface area contributed by atoms with Gasteiger partial charge in [-0.05, 0) is 80.1 Å². The third-order valence-corrected chi connectivity index (χ3v) is 9.58. The number of methoxy groups -OCH3 is 1. The Labute approximate surface area is 266 Å². The molecule has 0 aliphatic heterocycles. The second kappa shape index (κ2) is 17.0. The van der Waals surface area contributed by atoms with Gasteiger partial charge in [0, 0.05) is 18.0 Å². The minimum absolute atomic E-state index is 0.0399. The van der Waals surface area contributed by atoms with E-state index in [2.05, 4.69) is 5.32 Å². The van der Waals surface area contributed by atoms with Gasteiger partial charge in [0.05, 0.1) is 24.3 Å². The summed E-state index contributed by atoms with van der Waals surface area (Å²) < 4.78 is 40.7. The van der Waals surface area contributed by atoms with E-state index in [1.165, 1.54) is 28.8 Å². The number of sulfonamides is 1. The molecule has 11 heteroatoms. The summed E-state index contributed by atoms with van der Waals surface area (Å²) in [4.78, 5) is 30.1. The van der Waals surface area contributed by atoms with Crippen molar-refractivity contribution >= 4 is 39.3 Å². The number of nitrogens with zero attached hydrogens (tertiary/aromatic N) is 2. The Morgan fingerprint density at radius 2 is 1.70 bits per heavy atom. The lowest BCUT2D eigenvalue weighted by molar-refractivity contribution is -0.140. The number of nitrogens with one attached hydrogen (secondary N) is 1. The summed E-state index contributed by atoms with van der Waals surface area (Å²) in [7, 11) is -2.67. The molecule has 1 atom stereocenters. The summed E-state index contributed by atoms with van der Waals surface area (Å²) in [6.07, 6.45) is 3.97. The molecule has 0 unspecified atom stereocenters. The highest BCUT2D eigenvalue weighted by Gasteiger charge is 2.34. The predicted octanol–water partition coefficient (Wildman–Crippen LogP) is 5.73. The van der Waals surface area contributed by atoms with Crippen LogP contribution in [0.3, 0.4) is 0 Å². The molecule has 0 aromatic heterocycles. The maximum absolute atomic E-state index is 14.3. The van der Waals surface area contributed by atoms with Crippen molar-refractivity contribution in [1.82, 2.24) is 10.2 Å². The molecule has 3 aromatic carbocycles. The smallest absolute Gasteiger partial charge is 0.264 e. The summed E-state index contributed by atoms with van der Waals surface area (Å²) in [5, 5.41) is 2.94. The van der Waals surface area contributed by atoms with Crippen LogP contribution in [0.25, 0.3) is 0 Å². The zero-order valence-electron chi connectivity index (χ0n) is 26.1. The Morgan fingerprint density at radius 1 is 0.977 bits per heavy atom. The number of thioether (sulfide) groups is 1. The Balaban J connectivity index is 2.10. The first-order valence-electron chi connectivity index (χ1n) is 14.8. The molecule has 0 radical (unpaired) electrons. The zero-order chi connectivity index (χ0) is 32.1. The third-order valence-electron chi connectivity index (χ3n) is 7.06. The van der Waals surface area contributed by atoms with E-state index >= 15 is 0 Å². The minimum atomic E-state index is -4.23. The van der Waals surface area contributed by atoms with Gasteiger partial charge >= 0.3 is 0 Å². The molecule has 1 N–H and O–H groups in total. The monoisotopic (exact) mass is 641 g/mol. The van der Waals surface area contributed by atoms with Crippen LogP contribution in [0.4, 0.5) is 5.69 Å². The van der Waals surface area contributed by atoms with Crippen LogP contribution in [0, 0.1) is 0 Å². The van der Waals surface area contributed by atoms with Crippen LogP contribution in [0.2, 0.25) is 0 Å². The lowest BCUT2D eigenvalue weighted by atomic mass is 10.1. The number of unbranched alkanes of at least 4 members (excludes halogenated alkanes) is 1. The van der Waals surface area contributed by atoms with Crippen LogP contribution < -0.4 is 19.1 Å². The molecule has 0 fully saturated rings. The first kappa shape index (κ1) is 34.8. The van der Waals surface area contributed by atoms with E-state index in [9.17, 15) is 18.0 Å². The van der Waals surface area contributed by atoms with E-state index in [-0.39, 0.29) is 23.0 Å². The second-order valence-corrected chi connectivity index (χ2v) is 12.8. The standard InChI is InChI=1S/C33H43N3O6S2/c1-6-9-21-34-33(38)29(7-2)35(23-25-13-12-14-26(22-25)41-4)32(37)24-36(30-15-10-11-16-31(30)42-8-3)44(39,40)28-19-17-27(43-5)18-20-28/h10-20,22,29H,6-9,21,23-24H2,1-5H3,(H,34,38)/t29-/m1/s1. The predicted molar refractivity (Wildman–Crippen MR) is 176 cm³/mol. The normalized spacial score (nSPS) is 11.8. The van der Waals surface area contributed by atoms with Crippen LogP contribution in [-0.4, -0.2) is 64.2 Å². The average Bonchev–Trinajstić information content (AvgIpc) is 3.04. The van der Waals surface area contributed by atoms with Crippen molar-refractivity contribution in [2.45, 2.75) is 62.4 Å². The van der Waals surface area contributed by atoms with E-state index in [0.717, 1.165) is 27.6 Å². The molecule has 238 valence electrons. The lowest BCUT2D eigenvalue weighted by Crippen LogP contribution is -2.52. The topological polar surface area (TPSA) is 105 Å². The van der Waals surface area contributed by atoms with Crippen LogP contribution in [0.5, 0.6) is 11.5 Å². The number of anilines is 1. The van der Waals surface area contributed by atoms with Crippen LogP contribution in [0.1, 0.15) is 45.6 Å². The highest BCUT2D eigenvalue weighted by molar-refractivity contribution is 7.98. The number of hydrogen-bond donors (Lipinski definition) is 1. The minimum Gasteiger partial charge on any atom is -0.497 e. The Morgan fingerprint density at radius 3 is 2.34 bits per heavy atom. The lowest BCUT2D eigenvalue weighted by Gasteiger charge is -2.33. The van der Waals surface area contributed by atoms with Gasteiger partial charge in [-0.3, -0.25) is 13.9 Å². The quantitative estimate of drug-likeness (QED) is 0.148. The summed E-state index contributed by atoms with van der Waals surface area (Å²) in [5.74, 6) is 0.129. The van der Waals surface area contributed by atoms with E-state index in [1.807, 2.05) is 32.2 Å². The largest absolute Gasteiger partial charge is 0.497 e. The van der Waals surface area contributed by atoms with Crippen molar-refractivity contribution in [2.24, 2.45) is 0 Å². The van der Waals surface area contributed by atoms with Crippen molar-refractivity contribution in [3.8, 4) is 11.5 Å². The molecule has 3 rings (SSSR count). The molecule has 0 aliphatic rings. The first-order chi connectivity index (χ1) is 21.2. The number of para-hydroxylation sites is 2. The molecule has 9 nitrogen and oxygen atoms in total. The molecule has 0 saturated carbocycles. The van der Waals surface area contributed by atoms with Crippen molar-refractivity contribution < 1.29 is 27.5 Å². The molecule has 3 aromatic rings. The van der Waals surface area contributed by atoms with Gasteiger partial charge in [0.1, 0.15) is 24.1 Å². The summed E-state index contributed by atoms with van der Waals surface area (Å²) in [5.41, 5.74) is 0.979. The fourth-order valence-electron chi connectivity index (χ4n) is 4.72. The highest BCUT2D eigenvalue weighted by Crippen LogP contribution is 2.33. The maximum Gasteiger partial charge on any atom is 0.264 e. The molecular weight excluding hydrogens is 599 g/mol. The van der Waals surface area contributed by atoms with Gasteiger partial charge in [-0.25, -0.2) is 8.42 Å². The molecule has 0 bridgehead atoms. The van der Waals surface area contributed by atoms with Gasteiger partial charge in [0.25, 0.3) is 10.0 Å². The fourth-order valence-corrected chi connectivity index (χ4v) is 6.56. The number of rotatable bonds is 17. The number of carbonyl (C=O) groups excluding carboxylic acids is 2. The number of benzene rings is 3. The second-order valence-electron chi connectivity index (χ2n) is 10.0. The van der Waals surface area contributed by atoms with Crippen LogP contribution in [-0.2, 0) is 26.2 Å². The molecule has 44 heavy (non-hydrogen) atoms. The molecule has 2 amide bonds. The van der Waals surface area contributed by atoms with E-state index in [4.69, 9.17) is 9.47 Å². The molecule has 0 saturated heterocycles. The summed E-state index contributed by atoms with van der Waals surface area (Å²) in [6.45, 7) is 6.01. The number of carbonyl (C=O) groups is 2. The average molecular weight is 642 g/mol. The van der Waals surface area contributed by atoms with E-state index < -0.39 is 28.5 Å². The van der Waals surface area contributed by atoms with Crippen molar-refractivity contribution in [3.05, 3.63) is 78.4 Å². The molecule has 0 aliphatic carbocycles. The number of amides is 2. The van der Waals surface area contributed by atoms with Crippen molar-refractivity contribution in [1.29, 1.82) is 0 Å². The number of ether oxygens (including phenoxy) is 2. The Hall–Kier alpha value is -3.70. The van der Waals surface area contributed by atoms with Crippen LogP contribution in [0.15, 0.2) is 82.6 Å². The van der Waals surface area contributed by atoms with Gasteiger partial charge in [-0.2, -0.15) is 0 Å². The van der Waals surface area contributed by atoms with E-state index in [0.29, 0.717) is 31.1 Å². The third kappa shape index (κ3) is 8.92. The summed E-state index contributed by atoms with van der Waals surface area (Å²) >= 11 is 1.50. The van der Waals surface area contributed by atoms with E-state index in [1.54, 1.807) is 62.6 Å². The molecule has 0 spiro atoms. The summed E-state index contributed by atoms with van der Waals surface area (Å²) in [6, 6.07) is 19.7. The van der Waals surface area contributed by atoms with Gasteiger partial charge in [-0.1, -0.05) is 44.5 Å². The van der Waals surface area contributed by atoms with Gasteiger partial charge in [0.15, 0.2) is 0 Å². The highest BCUT2D eigenvalue weighted by atomic mass is 32.2. The zero-order valence-corrected chi connectivity index (χ0v) is 27.7. The van der Waals surface area contributed by atoms with Gasteiger partial charge in [-0.15, -0.1) is 11.8 Å². The fraction of sp³-hybridized carbons (Fsp3) is 0.394. The molecular formula is C33H43N3O6S2. The Kier molecular flexibility index (Phi) is 13.4. The SMILES string of the molecule is CCCCNC(=O)[C@@H](CC)N(Cc1cccc(OC)c1)C(=O)CN(c1ccccc1OCC)S(=O)(=O)c1ccc(SC)cc1. The van der Waals surface area contributed by atoms with Crippen molar-refractivity contribution in [2.75, 3.05) is 37.4 Å². The van der Waals surface area contributed by atoms with Crippen LogP contribution >= 0.6 is 11.8 Å². The first-order valence-corrected chi connectivity index (χ1v) is 17.4. The van der Waals surface area contributed by atoms with Gasteiger partial charge < -0.3 is 19.7 Å². The van der Waals surface area contributed by atoms with Gasteiger partial charge in [0.2, 0.25) is 11.8 Å². The number of hydrogen-bond acceptors (Lipinski definition) is 7. The maximum atomic E-state index is 14.3. The van der Waals surface area contributed by atoms with Crippen molar-refractivity contribution in [3.63, 3.8) is 0 Å². The Bertz CT molecular complexity index is 1480.